The summed E-state index contributed by atoms with van der Waals surface area (Å²) in [5.41, 5.74) is 6.24. The number of amides is 1. The molecule has 0 radical (unpaired) electrons. The Labute approximate surface area is 274 Å². The van der Waals surface area contributed by atoms with Gasteiger partial charge in [-0.25, -0.2) is 19.3 Å². The third kappa shape index (κ3) is 5.96. The zero-order valence-electron chi connectivity index (χ0n) is 25.8. The van der Waals surface area contributed by atoms with Crippen molar-refractivity contribution < 1.29 is 13.9 Å². The number of hydrogen-bond acceptors (Lipinski definition) is 8. The van der Waals surface area contributed by atoms with Gasteiger partial charge in [0.15, 0.2) is 17.1 Å². The number of H-pyrrole nitrogens is 2. The van der Waals surface area contributed by atoms with Gasteiger partial charge in [-0.05, 0) is 74.0 Å². The Morgan fingerprint density at radius 1 is 0.917 bits per heavy atom. The first-order valence-electron chi connectivity index (χ1n) is 15.7. The van der Waals surface area contributed by atoms with Gasteiger partial charge in [-0.2, -0.15) is 5.10 Å². The lowest BCUT2D eigenvalue weighted by atomic mass is 10.1. The van der Waals surface area contributed by atoms with Gasteiger partial charge < -0.3 is 15.0 Å². The molecule has 1 saturated heterocycles. The molecule has 238 valence electrons. The first kappa shape index (κ1) is 29.4. The third-order valence-electron chi connectivity index (χ3n) is 8.45. The Kier molecular flexibility index (Phi) is 7.75. The van der Waals surface area contributed by atoms with E-state index in [9.17, 15) is 9.18 Å². The number of fused-ring (bicyclic) bond motifs is 2. The molecule has 5 aromatic heterocycles. The number of nitrogens with zero attached hydrogens (tertiary/aromatic N) is 6. The van der Waals surface area contributed by atoms with Gasteiger partial charge in [-0.1, -0.05) is 18.2 Å². The number of ether oxygens (including phenoxy) is 1. The molecule has 0 spiro atoms. The van der Waals surface area contributed by atoms with Gasteiger partial charge in [0.25, 0.3) is 5.91 Å². The minimum atomic E-state index is -0.389. The van der Waals surface area contributed by atoms with Gasteiger partial charge in [0.05, 0.1) is 17.3 Å². The summed E-state index contributed by atoms with van der Waals surface area (Å²) < 4.78 is 20.8. The van der Waals surface area contributed by atoms with E-state index in [2.05, 4.69) is 40.3 Å². The number of benzene rings is 2. The number of likely N-dealkylation sites (tertiary alicyclic amines) is 1. The number of carbonyl (C=O) groups is 1. The molecule has 0 aliphatic carbocycles. The zero-order valence-corrected chi connectivity index (χ0v) is 25.8. The summed E-state index contributed by atoms with van der Waals surface area (Å²) in [7, 11) is 0. The van der Waals surface area contributed by atoms with E-state index in [1.54, 1.807) is 36.9 Å². The highest BCUT2D eigenvalue weighted by Gasteiger charge is 2.18. The lowest BCUT2D eigenvalue weighted by Gasteiger charge is -2.15. The quantitative estimate of drug-likeness (QED) is 0.163. The van der Waals surface area contributed by atoms with Crippen molar-refractivity contribution in [1.82, 2.24) is 40.0 Å². The zero-order chi connectivity index (χ0) is 32.5. The van der Waals surface area contributed by atoms with Crippen molar-refractivity contribution in [1.29, 1.82) is 0 Å². The summed E-state index contributed by atoms with van der Waals surface area (Å²) in [6, 6.07) is 19.3. The molecule has 0 saturated carbocycles. The predicted molar refractivity (Wildman–Crippen MR) is 181 cm³/mol. The van der Waals surface area contributed by atoms with Crippen molar-refractivity contribution in [3.63, 3.8) is 0 Å². The minimum absolute atomic E-state index is 0.224. The molecule has 1 fully saturated rings. The van der Waals surface area contributed by atoms with Crippen molar-refractivity contribution >= 4 is 33.8 Å². The highest BCUT2D eigenvalue weighted by molar-refractivity contribution is 6.04. The number of rotatable bonds is 9. The second-order valence-electron chi connectivity index (χ2n) is 11.7. The SMILES string of the molecule is O=C(Nc1cncc(-c2cnc3[nH]nc(-c4nc5c(-c6cc(F)cc(OCCN7CCCC7)c6)ccnc5[nH]4)c3c2)c1)c1ccccc1. The van der Waals surface area contributed by atoms with E-state index in [4.69, 9.17) is 9.72 Å². The van der Waals surface area contributed by atoms with Crippen LogP contribution in [0.5, 0.6) is 5.75 Å². The summed E-state index contributed by atoms with van der Waals surface area (Å²) in [4.78, 5) is 36.6. The number of halogens is 1. The van der Waals surface area contributed by atoms with Gasteiger partial charge in [-0.3, -0.25) is 19.8 Å². The topological polar surface area (TPSA) is 138 Å². The van der Waals surface area contributed by atoms with E-state index < -0.39 is 0 Å². The maximum atomic E-state index is 14.8. The van der Waals surface area contributed by atoms with Crippen molar-refractivity contribution in [2.24, 2.45) is 0 Å². The van der Waals surface area contributed by atoms with Gasteiger partial charge in [0.2, 0.25) is 0 Å². The molecule has 12 heteroatoms. The number of aromatic nitrogens is 7. The lowest BCUT2D eigenvalue weighted by Crippen LogP contribution is -2.25. The van der Waals surface area contributed by atoms with Crippen LogP contribution < -0.4 is 10.1 Å². The first-order chi connectivity index (χ1) is 23.6. The van der Waals surface area contributed by atoms with Gasteiger partial charge in [0.1, 0.15) is 29.4 Å². The number of carbonyl (C=O) groups excluding carboxylic acids is 1. The van der Waals surface area contributed by atoms with Gasteiger partial charge in [-0.15, -0.1) is 0 Å². The summed E-state index contributed by atoms with van der Waals surface area (Å²) in [5.74, 6) is 0.341. The molecule has 7 aromatic rings. The van der Waals surface area contributed by atoms with E-state index in [1.165, 1.54) is 25.0 Å². The third-order valence-corrected chi connectivity index (χ3v) is 8.45. The van der Waals surface area contributed by atoms with Gasteiger partial charge in [0, 0.05) is 53.5 Å². The molecule has 1 amide bonds. The molecular formula is C36H30FN9O2. The molecule has 8 rings (SSSR count). The maximum Gasteiger partial charge on any atom is 0.255 e. The summed E-state index contributed by atoms with van der Waals surface area (Å²) in [6.45, 7) is 3.47. The molecule has 11 nitrogen and oxygen atoms in total. The first-order valence-corrected chi connectivity index (χ1v) is 15.7. The molecule has 0 unspecified atom stereocenters. The number of pyridine rings is 3. The fourth-order valence-electron chi connectivity index (χ4n) is 6.06. The minimum Gasteiger partial charge on any atom is -0.492 e. The number of hydrogen-bond donors (Lipinski definition) is 3. The smallest absolute Gasteiger partial charge is 0.255 e. The maximum absolute atomic E-state index is 14.8. The molecular weight excluding hydrogens is 609 g/mol. The average Bonchev–Trinajstić information content (AvgIpc) is 3.88. The van der Waals surface area contributed by atoms with Crippen molar-refractivity contribution in [2.45, 2.75) is 12.8 Å². The van der Waals surface area contributed by atoms with Crippen LogP contribution in [0.1, 0.15) is 23.2 Å². The molecule has 1 aliphatic rings. The highest BCUT2D eigenvalue weighted by Crippen LogP contribution is 2.33. The van der Waals surface area contributed by atoms with Crippen LogP contribution in [-0.4, -0.2) is 72.2 Å². The number of imidazole rings is 1. The summed E-state index contributed by atoms with van der Waals surface area (Å²) in [6.07, 6.45) is 9.11. The van der Waals surface area contributed by atoms with E-state index in [-0.39, 0.29) is 11.7 Å². The fraction of sp³-hybridized carbons (Fsp3) is 0.167. The van der Waals surface area contributed by atoms with Crippen LogP contribution in [0.4, 0.5) is 10.1 Å². The summed E-state index contributed by atoms with van der Waals surface area (Å²) >= 11 is 0. The molecule has 2 aromatic carbocycles. The van der Waals surface area contributed by atoms with E-state index in [0.717, 1.165) is 36.1 Å². The monoisotopic (exact) mass is 639 g/mol. The van der Waals surface area contributed by atoms with Crippen LogP contribution in [0.15, 0.2) is 91.5 Å². The van der Waals surface area contributed by atoms with Crippen LogP contribution in [-0.2, 0) is 0 Å². The highest BCUT2D eigenvalue weighted by atomic mass is 19.1. The lowest BCUT2D eigenvalue weighted by molar-refractivity contribution is 0.102. The Morgan fingerprint density at radius 2 is 1.77 bits per heavy atom. The van der Waals surface area contributed by atoms with E-state index in [0.29, 0.717) is 63.1 Å². The average molecular weight is 640 g/mol. The van der Waals surface area contributed by atoms with Crippen LogP contribution in [0, 0.1) is 5.82 Å². The predicted octanol–water partition coefficient (Wildman–Crippen LogP) is 6.49. The fourth-order valence-corrected chi connectivity index (χ4v) is 6.06. The van der Waals surface area contributed by atoms with Crippen molar-refractivity contribution in [3.05, 3.63) is 103 Å². The second-order valence-corrected chi connectivity index (χ2v) is 11.7. The largest absolute Gasteiger partial charge is 0.492 e. The molecule has 0 atom stereocenters. The Morgan fingerprint density at radius 3 is 2.65 bits per heavy atom. The van der Waals surface area contributed by atoms with Crippen molar-refractivity contribution in [3.8, 4) is 39.5 Å². The normalized spacial score (nSPS) is 13.4. The van der Waals surface area contributed by atoms with Crippen LogP contribution in [0.3, 0.4) is 0 Å². The Bertz CT molecular complexity index is 2260. The molecule has 48 heavy (non-hydrogen) atoms. The van der Waals surface area contributed by atoms with E-state index in [1.807, 2.05) is 42.5 Å². The van der Waals surface area contributed by atoms with Crippen LogP contribution in [0.2, 0.25) is 0 Å². The van der Waals surface area contributed by atoms with E-state index >= 15 is 0 Å². The Balaban J connectivity index is 1.08. The van der Waals surface area contributed by atoms with Crippen molar-refractivity contribution in [2.75, 3.05) is 31.6 Å². The van der Waals surface area contributed by atoms with Crippen LogP contribution >= 0.6 is 0 Å². The molecule has 1 aliphatic heterocycles. The number of nitrogens with one attached hydrogen (secondary N) is 3. The second kappa shape index (κ2) is 12.6. The number of anilines is 1. The molecule has 6 heterocycles. The standard InChI is InChI=1S/C36H30FN9O2/c37-26-14-23(16-28(18-26)48-13-12-46-10-4-5-11-46)29-8-9-39-34-31(29)42-35(43-34)32-30-17-25(20-40-33(30)45-44-32)24-15-27(21-38-19-24)41-36(47)22-6-2-1-3-7-22/h1-3,6-9,14-21H,4-5,10-13H2,(H,41,47)(H,39,42,43)(H,40,44,45). The molecule has 0 bridgehead atoms. The van der Waals surface area contributed by atoms with Crippen LogP contribution in [0.25, 0.3) is 56.0 Å². The molecule has 3 N–H and O–H groups in total. The number of aromatic amines is 2. The Hall–Kier alpha value is -6.01. The summed E-state index contributed by atoms with van der Waals surface area (Å²) in [5, 5.41) is 11.1. The van der Waals surface area contributed by atoms with Gasteiger partial charge >= 0.3 is 0 Å².